The zero-order chi connectivity index (χ0) is 14.4. The van der Waals surface area contributed by atoms with E-state index < -0.39 is 18.1 Å². The molecule has 2 aliphatic heterocycles. The second kappa shape index (κ2) is 6.72. The van der Waals surface area contributed by atoms with Crippen LogP contribution in [0.3, 0.4) is 0 Å². The average molecular weight is 272 g/mol. The van der Waals surface area contributed by atoms with Crippen LogP contribution in [-0.2, 0) is 23.9 Å². The molecule has 0 aromatic carbocycles. The van der Waals surface area contributed by atoms with Crippen molar-refractivity contribution >= 4 is 23.8 Å². The molecule has 0 radical (unpaired) electrons. The number of carbonyl (C=O) groups is 4. The first kappa shape index (κ1) is 14.9. The number of hydrogen-bond donors (Lipinski definition) is 3. The van der Waals surface area contributed by atoms with Crippen LogP contribution in [0.1, 0.15) is 25.7 Å². The highest BCUT2D eigenvalue weighted by Gasteiger charge is 2.27. The number of esters is 1. The molecule has 0 unspecified atom stereocenters. The highest BCUT2D eigenvalue weighted by Crippen LogP contribution is 2.07. The fourth-order valence-electron chi connectivity index (χ4n) is 1.73. The number of aliphatic carboxylic acids is 1. The predicted octanol–water partition coefficient (Wildman–Crippen LogP) is -1.21. The third kappa shape index (κ3) is 4.57. The van der Waals surface area contributed by atoms with Crippen molar-refractivity contribution in [2.45, 2.75) is 37.8 Å². The quantitative estimate of drug-likeness (QED) is 0.542. The van der Waals surface area contributed by atoms with Gasteiger partial charge in [0.05, 0.1) is 7.11 Å². The number of amides is 2. The minimum absolute atomic E-state index is 0.0737. The van der Waals surface area contributed by atoms with Crippen LogP contribution in [0, 0.1) is 0 Å². The Morgan fingerprint density at radius 1 is 1.11 bits per heavy atom. The molecule has 0 aromatic rings. The summed E-state index contributed by atoms with van der Waals surface area (Å²) >= 11 is 0. The van der Waals surface area contributed by atoms with Crippen molar-refractivity contribution in [3.05, 3.63) is 0 Å². The molecule has 8 heteroatoms. The number of methoxy groups -OCH3 is 1. The lowest BCUT2D eigenvalue weighted by molar-refractivity contribution is -0.143. The first-order valence-corrected chi connectivity index (χ1v) is 5.83. The lowest BCUT2D eigenvalue weighted by atomic mass is 10.2. The Kier molecular flexibility index (Phi) is 5.28. The molecule has 0 bridgehead atoms. The standard InChI is InChI=1S/C6H9NO3.C5H7NO3/c1-10-6(9)4-2-3-5(8)7-4;7-4-2-1-3(6-4)5(8)9/h4H,2-3H2,1H3,(H,7,8);3H,1-2H2,(H,6,7)(H,8,9)/t4-;3-/m00/s1. The number of hydrogen-bond acceptors (Lipinski definition) is 5. The van der Waals surface area contributed by atoms with Crippen molar-refractivity contribution in [2.24, 2.45) is 0 Å². The molecule has 2 saturated heterocycles. The minimum Gasteiger partial charge on any atom is -0.480 e. The Labute approximate surface area is 109 Å². The van der Waals surface area contributed by atoms with E-state index >= 15 is 0 Å². The monoisotopic (exact) mass is 272 g/mol. The zero-order valence-corrected chi connectivity index (χ0v) is 10.5. The second-order valence-electron chi connectivity index (χ2n) is 4.18. The van der Waals surface area contributed by atoms with Crippen LogP contribution >= 0.6 is 0 Å². The maximum absolute atomic E-state index is 10.7. The molecule has 2 amide bonds. The Morgan fingerprint density at radius 2 is 1.58 bits per heavy atom. The van der Waals surface area contributed by atoms with Crippen molar-refractivity contribution in [3.8, 4) is 0 Å². The van der Waals surface area contributed by atoms with Gasteiger partial charge in [0.2, 0.25) is 11.8 Å². The van der Waals surface area contributed by atoms with Gasteiger partial charge < -0.3 is 20.5 Å². The predicted molar refractivity (Wildman–Crippen MR) is 62.0 cm³/mol. The van der Waals surface area contributed by atoms with Crippen LogP contribution in [0.15, 0.2) is 0 Å². The van der Waals surface area contributed by atoms with E-state index in [1.54, 1.807) is 0 Å². The molecule has 2 rings (SSSR count). The van der Waals surface area contributed by atoms with Crippen LogP contribution < -0.4 is 10.6 Å². The lowest BCUT2D eigenvalue weighted by Gasteiger charge is -2.04. The van der Waals surface area contributed by atoms with E-state index in [2.05, 4.69) is 15.4 Å². The van der Waals surface area contributed by atoms with Gasteiger partial charge in [0.15, 0.2) is 0 Å². The first-order chi connectivity index (χ1) is 8.93. The molecule has 0 aromatic heterocycles. The summed E-state index contributed by atoms with van der Waals surface area (Å²) in [7, 11) is 1.31. The summed E-state index contributed by atoms with van der Waals surface area (Å²) in [5, 5.41) is 13.1. The Balaban J connectivity index is 0.000000191. The average Bonchev–Trinajstić information content (AvgIpc) is 2.98. The maximum atomic E-state index is 10.7. The van der Waals surface area contributed by atoms with Crippen molar-refractivity contribution in [2.75, 3.05) is 7.11 Å². The molecule has 2 aliphatic rings. The number of ether oxygens (including phenoxy) is 1. The molecular formula is C11H16N2O6. The third-order valence-corrected chi connectivity index (χ3v) is 2.77. The van der Waals surface area contributed by atoms with Gasteiger partial charge in [-0.1, -0.05) is 0 Å². The van der Waals surface area contributed by atoms with Gasteiger partial charge in [-0.15, -0.1) is 0 Å². The highest BCUT2D eigenvalue weighted by molar-refractivity contribution is 5.88. The molecule has 0 spiro atoms. The van der Waals surface area contributed by atoms with Crippen LogP contribution in [0.25, 0.3) is 0 Å². The lowest BCUT2D eigenvalue weighted by Crippen LogP contribution is -2.33. The molecule has 8 nitrogen and oxygen atoms in total. The summed E-state index contributed by atoms with van der Waals surface area (Å²) in [5.41, 5.74) is 0. The molecule has 0 saturated carbocycles. The van der Waals surface area contributed by atoms with Gasteiger partial charge in [-0.25, -0.2) is 9.59 Å². The summed E-state index contributed by atoms with van der Waals surface area (Å²) in [4.78, 5) is 41.8. The van der Waals surface area contributed by atoms with E-state index in [1.165, 1.54) is 7.11 Å². The molecule has 2 atom stereocenters. The number of carboxylic acid groups (broad SMARTS) is 1. The Hall–Kier alpha value is -2.12. The largest absolute Gasteiger partial charge is 0.480 e. The Bertz CT molecular complexity index is 395. The number of carbonyl (C=O) groups excluding carboxylic acids is 3. The molecule has 3 N–H and O–H groups in total. The van der Waals surface area contributed by atoms with Crippen LogP contribution in [0.5, 0.6) is 0 Å². The van der Waals surface area contributed by atoms with Gasteiger partial charge in [0.1, 0.15) is 12.1 Å². The minimum atomic E-state index is -0.944. The summed E-state index contributed by atoms with van der Waals surface area (Å²) in [5.74, 6) is -1.54. The summed E-state index contributed by atoms with van der Waals surface area (Å²) < 4.78 is 4.43. The summed E-state index contributed by atoms with van der Waals surface area (Å²) in [6, 6.07) is -1.05. The highest BCUT2D eigenvalue weighted by atomic mass is 16.5. The van der Waals surface area contributed by atoms with Crippen molar-refractivity contribution in [3.63, 3.8) is 0 Å². The van der Waals surface area contributed by atoms with Crippen molar-refractivity contribution in [1.29, 1.82) is 0 Å². The maximum Gasteiger partial charge on any atom is 0.328 e. The number of rotatable bonds is 2. The third-order valence-electron chi connectivity index (χ3n) is 2.77. The van der Waals surface area contributed by atoms with Gasteiger partial charge >= 0.3 is 11.9 Å². The smallest absolute Gasteiger partial charge is 0.328 e. The topological polar surface area (TPSA) is 122 Å². The van der Waals surface area contributed by atoms with E-state index in [1.807, 2.05) is 0 Å². The summed E-state index contributed by atoms with van der Waals surface area (Å²) in [6.45, 7) is 0. The molecule has 2 heterocycles. The van der Waals surface area contributed by atoms with E-state index in [0.717, 1.165) is 0 Å². The van der Waals surface area contributed by atoms with E-state index in [-0.39, 0.29) is 17.8 Å². The first-order valence-electron chi connectivity index (χ1n) is 5.83. The normalized spacial score (nSPS) is 24.9. The molecule has 106 valence electrons. The van der Waals surface area contributed by atoms with Gasteiger partial charge in [-0.05, 0) is 12.8 Å². The van der Waals surface area contributed by atoms with Gasteiger partial charge in [-0.3, -0.25) is 9.59 Å². The molecule has 19 heavy (non-hydrogen) atoms. The fraction of sp³-hybridized carbons (Fsp3) is 0.636. The van der Waals surface area contributed by atoms with Crippen molar-refractivity contribution < 1.29 is 29.0 Å². The zero-order valence-electron chi connectivity index (χ0n) is 10.5. The van der Waals surface area contributed by atoms with Crippen molar-refractivity contribution in [1.82, 2.24) is 10.6 Å². The van der Waals surface area contributed by atoms with Crippen LogP contribution in [0.2, 0.25) is 0 Å². The molecule has 2 fully saturated rings. The van der Waals surface area contributed by atoms with Gasteiger partial charge in [0, 0.05) is 12.8 Å². The number of nitrogens with one attached hydrogen (secondary N) is 2. The van der Waals surface area contributed by atoms with Crippen LogP contribution in [-0.4, -0.2) is 48.1 Å². The summed E-state index contributed by atoms with van der Waals surface area (Å²) in [6.07, 6.45) is 1.76. The van der Waals surface area contributed by atoms with E-state index in [0.29, 0.717) is 25.7 Å². The molecular weight excluding hydrogens is 256 g/mol. The second-order valence-corrected chi connectivity index (χ2v) is 4.18. The van der Waals surface area contributed by atoms with E-state index in [9.17, 15) is 19.2 Å². The van der Waals surface area contributed by atoms with E-state index in [4.69, 9.17) is 5.11 Å². The van der Waals surface area contributed by atoms with Crippen LogP contribution in [0.4, 0.5) is 0 Å². The SMILES string of the molecule is COC(=O)[C@@H]1CCC(=O)N1.O=C1CC[C@@H](C(=O)O)N1. The fourth-order valence-corrected chi connectivity index (χ4v) is 1.73. The van der Waals surface area contributed by atoms with Gasteiger partial charge in [0.25, 0.3) is 0 Å². The van der Waals surface area contributed by atoms with Gasteiger partial charge in [-0.2, -0.15) is 0 Å². The molecule has 0 aliphatic carbocycles. The number of carboxylic acids is 1. The Morgan fingerprint density at radius 3 is 1.84 bits per heavy atom.